The van der Waals surface area contributed by atoms with E-state index in [-0.39, 0.29) is 12.1 Å². The van der Waals surface area contributed by atoms with Gasteiger partial charge in [0.2, 0.25) is 5.95 Å². The number of nitrogens with one attached hydrogen (secondary N) is 1. The monoisotopic (exact) mass is 353 g/mol. The fraction of sp³-hybridized carbons (Fsp3) is 0.316. The largest absolute Gasteiger partial charge is 0.346 e. The van der Waals surface area contributed by atoms with Crippen molar-refractivity contribution in [1.82, 2.24) is 20.2 Å². The maximum Gasteiger partial charge on any atom is 0.243 e. The molecule has 25 heavy (non-hydrogen) atoms. The van der Waals surface area contributed by atoms with E-state index in [0.717, 1.165) is 17.0 Å². The molecule has 0 spiro atoms. The molecule has 1 aromatic heterocycles. The SMILES string of the molecule is CC(C)c1ccc([C@@H]2C[C@H](c3cccc(Cl)c3)n3nnnc3N2)cc1. The van der Waals surface area contributed by atoms with Crippen LogP contribution in [0.1, 0.15) is 55.0 Å². The van der Waals surface area contributed by atoms with Crippen LogP contribution in [0, 0.1) is 0 Å². The molecule has 6 heteroatoms. The molecule has 2 aromatic carbocycles. The summed E-state index contributed by atoms with van der Waals surface area (Å²) < 4.78 is 1.84. The van der Waals surface area contributed by atoms with Crippen molar-refractivity contribution in [2.75, 3.05) is 5.32 Å². The van der Waals surface area contributed by atoms with Crippen LogP contribution >= 0.6 is 11.6 Å². The van der Waals surface area contributed by atoms with E-state index in [1.807, 2.05) is 22.9 Å². The Kier molecular flexibility index (Phi) is 4.17. The van der Waals surface area contributed by atoms with Gasteiger partial charge in [-0.2, -0.15) is 0 Å². The average molecular weight is 354 g/mol. The normalized spacial score (nSPS) is 19.5. The second kappa shape index (κ2) is 6.48. The van der Waals surface area contributed by atoms with Gasteiger partial charge in [0, 0.05) is 5.02 Å². The standard InChI is InChI=1S/C19H20ClN5/c1-12(2)13-6-8-14(9-7-13)17-11-18(15-4-3-5-16(20)10-15)25-19(21-17)22-23-24-25/h3-10,12,17-18H,11H2,1-2H3,(H,21,22,24)/t17-,18+/m0/s1. The second-order valence-electron chi connectivity index (χ2n) is 6.77. The van der Waals surface area contributed by atoms with Crippen molar-refractivity contribution < 1.29 is 0 Å². The zero-order valence-corrected chi connectivity index (χ0v) is 15.0. The molecule has 0 saturated carbocycles. The molecule has 4 rings (SSSR count). The highest BCUT2D eigenvalue weighted by Gasteiger charge is 2.30. The van der Waals surface area contributed by atoms with E-state index in [0.29, 0.717) is 11.9 Å². The van der Waals surface area contributed by atoms with Gasteiger partial charge in [0.1, 0.15) is 0 Å². The lowest BCUT2D eigenvalue weighted by Crippen LogP contribution is -2.28. The van der Waals surface area contributed by atoms with E-state index in [4.69, 9.17) is 11.6 Å². The molecule has 0 amide bonds. The molecule has 0 saturated heterocycles. The molecule has 5 nitrogen and oxygen atoms in total. The molecule has 1 aliphatic heterocycles. The molecule has 0 bridgehead atoms. The molecule has 3 aromatic rings. The van der Waals surface area contributed by atoms with Crippen molar-refractivity contribution in [1.29, 1.82) is 0 Å². The summed E-state index contributed by atoms with van der Waals surface area (Å²) in [5.74, 6) is 1.22. The van der Waals surface area contributed by atoms with Gasteiger partial charge < -0.3 is 5.32 Å². The number of tetrazole rings is 1. The summed E-state index contributed by atoms with van der Waals surface area (Å²) in [6.07, 6.45) is 0.861. The molecule has 0 aliphatic carbocycles. The minimum atomic E-state index is 0.0553. The third-order valence-electron chi connectivity index (χ3n) is 4.79. The first-order valence-corrected chi connectivity index (χ1v) is 8.89. The first kappa shape index (κ1) is 16.1. The fourth-order valence-corrected chi connectivity index (χ4v) is 3.56. The Morgan fingerprint density at radius 1 is 1.12 bits per heavy atom. The topological polar surface area (TPSA) is 55.6 Å². The number of aromatic nitrogens is 4. The maximum atomic E-state index is 6.19. The first-order valence-electron chi connectivity index (χ1n) is 8.51. The van der Waals surface area contributed by atoms with Gasteiger partial charge in [-0.15, -0.1) is 0 Å². The number of halogens is 1. The van der Waals surface area contributed by atoms with Crippen molar-refractivity contribution in [2.45, 2.75) is 38.3 Å². The van der Waals surface area contributed by atoms with Crippen LogP contribution in [-0.2, 0) is 0 Å². The van der Waals surface area contributed by atoms with Gasteiger partial charge in [0.05, 0.1) is 12.1 Å². The highest BCUT2D eigenvalue weighted by Crippen LogP contribution is 2.37. The van der Waals surface area contributed by atoms with E-state index in [2.05, 4.69) is 65.0 Å². The quantitative estimate of drug-likeness (QED) is 0.747. The lowest BCUT2D eigenvalue weighted by molar-refractivity contribution is 0.424. The van der Waals surface area contributed by atoms with Gasteiger partial charge in [-0.3, -0.25) is 0 Å². The Hall–Kier alpha value is -2.40. The molecule has 0 fully saturated rings. The minimum Gasteiger partial charge on any atom is -0.346 e. The molecule has 0 unspecified atom stereocenters. The third-order valence-corrected chi connectivity index (χ3v) is 5.02. The number of benzene rings is 2. The van der Waals surface area contributed by atoms with Crippen LogP contribution < -0.4 is 5.32 Å². The van der Waals surface area contributed by atoms with Crippen LogP contribution in [0.25, 0.3) is 0 Å². The lowest BCUT2D eigenvalue weighted by atomic mass is 9.92. The van der Waals surface area contributed by atoms with Crippen LogP contribution in [0.15, 0.2) is 48.5 Å². The number of anilines is 1. The smallest absolute Gasteiger partial charge is 0.243 e. The van der Waals surface area contributed by atoms with Gasteiger partial charge in [-0.05, 0) is 51.6 Å². The Bertz CT molecular complexity index is 872. The minimum absolute atomic E-state index is 0.0553. The Labute approximate surface area is 152 Å². The van der Waals surface area contributed by atoms with E-state index in [1.165, 1.54) is 11.1 Å². The number of nitrogens with zero attached hydrogens (tertiary/aromatic N) is 4. The molecule has 0 radical (unpaired) electrons. The highest BCUT2D eigenvalue weighted by molar-refractivity contribution is 6.30. The Morgan fingerprint density at radius 3 is 2.64 bits per heavy atom. The van der Waals surface area contributed by atoms with Crippen LogP contribution in [-0.4, -0.2) is 20.2 Å². The second-order valence-corrected chi connectivity index (χ2v) is 7.21. The van der Waals surface area contributed by atoms with Crippen LogP contribution in [0.5, 0.6) is 0 Å². The molecular formula is C19H20ClN5. The molecule has 1 aliphatic rings. The zero-order chi connectivity index (χ0) is 17.4. The molecule has 2 atom stereocenters. The molecule has 2 heterocycles. The fourth-order valence-electron chi connectivity index (χ4n) is 3.36. The van der Waals surface area contributed by atoms with E-state index in [1.54, 1.807) is 0 Å². The van der Waals surface area contributed by atoms with Gasteiger partial charge in [-0.1, -0.05) is 66.9 Å². The Balaban J connectivity index is 1.68. The first-order chi connectivity index (χ1) is 12.1. The van der Waals surface area contributed by atoms with Gasteiger partial charge in [0.15, 0.2) is 0 Å². The molecular weight excluding hydrogens is 334 g/mol. The predicted molar refractivity (Wildman–Crippen MR) is 98.9 cm³/mol. The van der Waals surface area contributed by atoms with E-state index < -0.39 is 0 Å². The van der Waals surface area contributed by atoms with Crippen LogP contribution in [0.4, 0.5) is 5.95 Å². The van der Waals surface area contributed by atoms with Crippen molar-refractivity contribution in [3.05, 3.63) is 70.2 Å². The summed E-state index contributed by atoms with van der Waals surface area (Å²) in [4.78, 5) is 0. The van der Waals surface area contributed by atoms with E-state index in [9.17, 15) is 0 Å². The van der Waals surface area contributed by atoms with Crippen molar-refractivity contribution >= 4 is 17.5 Å². The van der Waals surface area contributed by atoms with Crippen molar-refractivity contribution in [3.8, 4) is 0 Å². The Morgan fingerprint density at radius 2 is 1.92 bits per heavy atom. The van der Waals surface area contributed by atoms with E-state index >= 15 is 0 Å². The number of rotatable bonds is 3. The third kappa shape index (κ3) is 3.12. The van der Waals surface area contributed by atoms with Crippen LogP contribution in [0.2, 0.25) is 5.02 Å². The summed E-state index contributed by atoms with van der Waals surface area (Å²) in [6, 6.07) is 16.9. The molecule has 1 N–H and O–H groups in total. The van der Waals surface area contributed by atoms with Crippen molar-refractivity contribution in [3.63, 3.8) is 0 Å². The highest BCUT2D eigenvalue weighted by atomic mass is 35.5. The lowest BCUT2D eigenvalue weighted by Gasteiger charge is -2.31. The van der Waals surface area contributed by atoms with Gasteiger partial charge >= 0.3 is 0 Å². The summed E-state index contributed by atoms with van der Waals surface area (Å²) >= 11 is 6.19. The summed E-state index contributed by atoms with van der Waals surface area (Å²) in [7, 11) is 0. The zero-order valence-electron chi connectivity index (χ0n) is 14.2. The number of fused-ring (bicyclic) bond motifs is 1. The predicted octanol–water partition coefficient (Wildman–Crippen LogP) is 4.60. The summed E-state index contributed by atoms with van der Waals surface area (Å²) in [6.45, 7) is 4.41. The number of hydrogen-bond donors (Lipinski definition) is 1. The number of hydrogen-bond acceptors (Lipinski definition) is 4. The summed E-state index contributed by atoms with van der Waals surface area (Å²) in [5.41, 5.74) is 3.70. The van der Waals surface area contributed by atoms with Crippen LogP contribution in [0.3, 0.4) is 0 Å². The average Bonchev–Trinajstić information content (AvgIpc) is 3.09. The summed E-state index contributed by atoms with van der Waals surface area (Å²) in [5, 5.41) is 16.3. The maximum absolute atomic E-state index is 6.19. The van der Waals surface area contributed by atoms with Gasteiger partial charge in [0.25, 0.3) is 0 Å². The van der Waals surface area contributed by atoms with Crippen molar-refractivity contribution in [2.24, 2.45) is 0 Å². The molecule has 128 valence electrons. The van der Waals surface area contributed by atoms with Gasteiger partial charge in [-0.25, -0.2) is 4.68 Å².